The summed E-state index contributed by atoms with van der Waals surface area (Å²) in [5.74, 6) is -6.68. The fraction of sp³-hybridized carbons (Fsp3) is 0.171. The summed E-state index contributed by atoms with van der Waals surface area (Å²) in [7, 11) is 0. The summed E-state index contributed by atoms with van der Waals surface area (Å²) in [6, 6.07) is 38.5. The molecule has 2 amide bonds. The quantitative estimate of drug-likeness (QED) is 0.113. The van der Waals surface area contributed by atoms with Gasteiger partial charge in [-0.3, -0.25) is 38.5 Å². The number of rotatable bonds is 6. The highest BCUT2D eigenvalue weighted by atomic mass is 32.1. The summed E-state index contributed by atoms with van der Waals surface area (Å²) in [5, 5.41) is 7.43. The summed E-state index contributed by atoms with van der Waals surface area (Å²) >= 11 is 2.85. The third kappa shape index (κ3) is 8.58. The van der Waals surface area contributed by atoms with Crippen molar-refractivity contribution in [1.82, 2.24) is 19.2 Å². The van der Waals surface area contributed by atoms with Crippen molar-refractivity contribution in [3.63, 3.8) is 0 Å². The lowest BCUT2D eigenvalue weighted by molar-refractivity contribution is -0.0426. The number of esters is 2. The number of nitrogens with zero attached hydrogens (tertiary/aromatic N) is 6. The van der Waals surface area contributed by atoms with Crippen LogP contribution < -0.4 is 30.3 Å². The normalized spacial score (nSPS) is 20.7. The molecule has 6 aromatic carbocycles. The molecule has 8 aliphatic rings. The molecule has 0 spiro atoms. The first-order valence-corrected chi connectivity index (χ1v) is 31.7. The lowest BCUT2D eigenvalue weighted by atomic mass is 9.92. The maximum absolute atomic E-state index is 16.0. The molecule has 0 saturated carbocycles. The number of carbonyl (C=O) groups excluding carboxylic acids is 4. The smallest absolute Gasteiger partial charge is 0.342 e. The van der Waals surface area contributed by atoms with Gasteiger partial charge in [-0.1, -0.05) is 97.1 Å². The summed E-state index contributed by atoms with van der Waals surface area (Å²) in [6.45, 7) is 1.14. The number of thiophene rings is 2. The molecular weight excluding hydrogens is 1260 g/mol. The molecule has 468 valence electrons. The van der Waals surface area contributed by atoms with E-state index in [1.54, 1.807) is 91.9 Å². The van der Waals surface area contributed by atoms with Crippen LogP contribution in [0.3, 0.4) is 0 Å². The van der Waals surface area contributed by atoms with Gasteiger partial charge in [0, 0.05) is 80.8 Å². The third-order valence-electron chi connectivity index (χ3n) is 18.3. The van der Waals surface area contributed by atoms with Gasteiger partial charge in [0.25, 0.3) is 24.4 Å². The molecule has 10 aromatic rings. The first-order chi connectivity index (χ1) is 45.8. The first-order valence-electron chi connectivity index (χ1n) is 29.9. The number of halogens is 4. The molecule has 18 rings (SSSR count). The summed E-state index contributed by atoms with van der Waals surface area (Å²) < 4.78 is 100. The Hall–Kier alpha value is -10.7. The van der Waals surface area contributed by atoms with Crippen LogP contribution in [0.15, 0.2) is 178 Å². The molecule has 18 nitrogen and oxygen atoms in total. The standard InChI is InChI=1S/2C35H23F2N3O6S/c2*36-24-10-9-22-27(28(24)37)23-12-16-47-32(23)19-6-2-1-5-18(19)29(22)40-26-17-44-15-14-38(26)33(42)30-31(25(41)11-13-39(30)40)45-35-21-8-4-3-7-20(21)34(43)46-35/h2*1-13,16,26,29,35H,14-15,17H2/t26-,29-,35?;/m1./s1. The van der Waals surface area contributed by atoms with Crippen LogP contribution in [0.1, 0.15) is 99.7 Å². The van der Waals surface area contributed by atoms with Crippen molar-refractivity contribution < 1.29 is 65.2 Å². The summed E-state index contributed by atoms with van der Waals surface area (Å²) in [6.07, 6.45) is -0.944. The topological polar surface area (TPSA) is 181 Å². The molecule has 2 saturated heterocycles. The fourth-order valence-electron chi connectivity index (χ4n) is 14.2. The van der Waals surface area contributed by atoms with E-state index in [2.05, 4.69) is 0 Å². The number of aromatic nitrogens is 2. The van der Waals surface area contributed by atoms with Crippen LogP contribution in [0.5, 0.6) is 11.5 Å². The molecule has 10 heterocycles. The molecule has 94 heavy (non-hydrogen) atoms. The lowest BCUT2D eigenvalue weighted by Crippen LogP contribution is -2.66. The average molecular weight is 1300 g/mol. The number of ether oxygens (including phenoxy) is 6. The van der Waals surface area contributed by atoms with Gasteiger partial charge in [-0.25, -0.2) is 27.2 Å². The van der Waals surface area contributed by atoms with Crippen molar-refractivity contribution in [3.8, 4) is 54.6 Å². The van der Waals surface area contributed by atoms with Crippen LogP contribution in [-0.4, -0.2) is 94.8 Å². The van der Waals surface area contributed by atoms with Crippen molar-refractivity contribution in [1.29, 1.82) is 0 Å². The van der Waals surface area contributed by atoms with Crippen molar-refractivity contribution in [2.75, 3.05) is 49.5 Å². The van der Waals surface area contributed by atoms with E-state index in [0.717, 1.165) is 44.1 Å². The predicted octanol–water partition coefficient (Wildman–Crippen LogP) is 11.2. The highest BCUT2D eigenvalue weighted by Gasteiger charge is 2.50. The zero-order valence-corrected chi connectivity index (χ0v) is 50.4. The highest BCUT2D eigenvalue weighted by molar-refractivity contribution is 7.14. The Morgan fingerprint density at radius 2 is 0.819 bits per heavy atom. The molecule has 0 N–H and O–H groups in total. The van der Waals surface area contributed by atoms with Gasteiger partial charge in [0.15, 0.2) is 34.7 Å². The molecule has 2 aliphatic carbocycles. The van der Waals surface area contributed by atoms with E-state index in [1.807, 2.05) is 69.3 Å². The van der Waals surface area contributed by atoms with Gasteiger partial charge in [0.2, 0.25) is 22.4 Å². The van der Waals surface area contributed by atoms with Crippen LogP contribution in [0.4, 0.5) is 17.6 Å². The van der Waals surface area contributed by atoms with Gasteiger partial charge >= 0.3 is 11.9 Å². The number of morpholine rings is 2. The average Bonchev–Trinajstić information content (AvgIpc) is 1.32. The predicted molar refractivity (Wildman–Crippen MR) is 333 cm³/mol. The minimum Gasteiger partial charge on any atom is -0.444 e. The van der Waals surface area contributed by atoms with Gasteiger partial charge in [-0.05, 0) is 80.5 Å². The molecule has 4 aromatic heterocycles. The summed E-state index contributed by atoms with van der Waals surface area (Å²) in [4.78, 5) is 85.7. The lowest BCUT2D eigenvalue weighted by Gasteiger charge is -2.51. The number of pyridine rings is 2. The Balaban J connectivity index is 0.000000143. The SMILES string of the molecule is O=C1OC(Oc2c3n(ccc2=O)N(C2c4ccccc4-c4sccc4-c4c2ccc(F)c4F)C2COCCN2C3=O)c2ccccc21.O=C1OC(Oc2c3n(ccc2=O)N([C@@H]2c4ccccc4-c4sccc4-c4c2ccc(F)c4F)[C@@H]2COCCN2C3=O)c2ccccc21. The maximum Gasteiger partial charge on any atom is 0.342 e. The Morgan fingerprint density at radius 1 is 0.426 bits per heavy atom. The molecular formula is C70H46F4N6O12S2. The molecule has 24 heteroatoms. The van der Waals surface area contributed by atoms with E-state index in [-0.39, 0.29) is 73.5 Å². The van der Waals surface area contributed by atoms with Gasteiger partial charge in [0.1, 0.15) is 12.3 Å². The van der Waals surface area contributed by atoms with Gasteiger partial charge in [-0.2, -0.15) is 0 Å². The monoisotopic (exact) mass is 1300 g/mol. The van der Waals surface area contributed by atoms with E-state index in [4.69, 9.17) is 28.4 Å². The Labute approximate surface area is 537 Å². The number of fused-ring (bicyclic) bond motifs is 16. The van der Waals surface area contributed by atoms with E-state index < -0.39 is 94.9 Å². The Bertz CT molecular complexity index is 4740. The van der Waals surface area contributed by atoms with Gasteiger partial charge < -0.3 is 38.2 Å². The number of hydrogen-bond donors (Lipinski definition) is 0. The number of hydrogen-bond acceptors (Lipinski definition) is 16. The summed E-state index contributed by atoms with van der Waals surface area (Å²) in [5.41, 5.74) is 5.64. The number of carbonyl (C=O) groups is 4. The zero-order valence-electron chi connectivity index (χ0n) is 48.8. The Kier molecular flexibility index (Phi) is 13.4. The van der Waals surface area contributed by atoms with Crippen LogP contribution in [0.25, 0.3) is 43.1 Å². The molecule has 6 aliphatic heterocycles. The van der Waals surface area contributed by atoms with Crippen LogP contribution in [0.2, 0.25) is 0 Å². The van der Waals surface area contributed by atoms with E-state index in [0.29, 0.717) is 44.5 Å². The van der Waals surface area contributed by atoms with E-state index in [1.165, 1.54) is 47.2 Å². The third-order valence-corrected chi connectivity index (χ3v) is 20.2. The number of cyclic esters (lactones) is 2. The van der Waals surface area contributed by atoms with Crippen LogP contribution in [-0.2, 0) is 18.9 Å². The van der Waals surface area contributed by atoms with Gasteiger partial charge in [-0.15, -0.1) is 22.7 Å². The minimum atomic E-state index is -1.26. The second-order valence-corrected chi connectivity index (χ2v) is 24.9. The van der Waals surface area contributed by atoms with Crippen molar-refractivity contribution in [3.05, 3.63) is 268 Å². The molecule has 0 radical (unpaired) electrons. The molecule has 2 fully saturated rings. The Morgan fingerprint density at radius 3 is 1.24 bits per heavy atom. The van der Waals surface area contributed by atoms with Crippen molar-refractivity contribution in [2.45, 2.75) is 37.0 Å². The second kappa shape index (κ2) is 22.0. The number of amides is 2. The van der Waals surface area contributed by atoms with Crippen LogP contribution >= 0.6 is 22.7 Å². The van der Waals surface area contributed by atoms with Crippen molar-refractivity contribution >= 4 is 46.4 Å². The largest absolute Gasteiger partial charge is 0.444 e. The van der Waals surface area contributed by atoms with E-state index >= 15 is 8.78 Å². The maximum atomic E-state index is 16.0. The van der Waals surface area contributed by atoms with Gasteiger partial charge in [0.05, 0.1) is 49.6 Å². The van der Waals surface area contributed by atoms with Crippen LogP contribution in [0, 0.1) is 23.3 Å². The fourth-order valence-corrected chi connectivity index (χ4v) is 16.1. The number of benzene rings is 6. The molecule has 6 atom stereocenters. The second-order valence-electron chi connectivity index (χ2n) is 23.1. The minimum absolute atomic E-state index is 0.0864. The van der Waals surface area contributed by atoms with E-state index in [9.17, 15) is 37.5 Å². The zero-order chi connectivity index (χ0) is 63.9. The van der Waals surface area contributed by atoms with Crippen molar-refractivity contribution in [2.24, 2.45) is 0 Å². The highest BCUT2D eigenvalue weighted by Crippen LogP contribution is 2.54. The molecule has 0 bridgehead atoms. The molecule has 4 unspecified atom stereocenters. The first kappa shape index (κ1) is 57.3.